The number of aryl methyl sites for hydroxylation is 1. The lowest BCUT2D eigenvalue weighted by Gasteiger charge is -2.09. The smallest absolute Gasteiger partial charge is 0.225 e. The number of fused-ring (bicyclic) bond motifs is 1. The molecule has 3 heterocycles. The Morgan fingerprint density at radius 1 is 1.19 bits per heavy atom. The van der Waals surface area contributed by atoms with Crippen LogP contribution in [-0.4, -0.2) is 29.3 Å². The number of benzene rings is 1. The second kappa shape index (κ2) is 7.61. The monoisotopic (exact) mass is 369 g/mol. The number of hydrogen-bond acceptors (Lipinski definition) is 5. The first-order valence-electron chi connectivity index (χ1n) is 8.55. The standard InChI is InChI=1S/C19H19N3O3S/c23-19(20-18-12-14(21-22-18)17-3-1-10-26-17)7-5-13-4-6-15-16(11-13)25-9-2-8-24-15/h1,3-4,6,10-12H,2,5,7-9H2,(H2,20,21,22,23). The van der Waals surface area contributed by atoms with E-state index < -0.39 is 0 Å². The van der Waals surface area contributed by atoms with Crippen molar-refractivity contribution in [3.8, 4) is 22.1 Å². The highest BCUT2D eigenvalue weighted by Crippen LogP contribution is 2.31. The highest BCUT2D eigenvalue weighted by Gasteiger charge is 2.12. The largest absolute Gasteiger partial charge is 0.490 e. The molecule has 0 bridgehead atoms. The molecule has 0 unspecified atom stereocenters. The van der Waals surface area contributed by atoms with Crippen LogP contribution in [0.1, 0.15) is 18.4 Å². The molecule has 0 atom stereocenters. The van der Waals surface area contributed by atoms with Gasteiger partial charge in [-0.2, -0.15) is 5.10 Å². The Kier molecular flexibility index (Phi) is 4.88. The zero-order valence-electron chi connectivity index (χ0n) is 14.2. The second-order valence-corrected chi connectivity index (χ2v) is 6.97. The van der Waals surface area contributed by atoms with Crippen molar-refractivity contribution in [2.24, 2.45) is 0 Å². The Bertz CT molecular complexity index is 889. The Morgan fingerprint density at radius 2 is 2.08 bits per heavy atom. The van der Waals surface area contributed by atoms with E-state index in [2.05, 4.69) is 15.5 Å². The number of carbonyl (C=O) groups excluding carboxylic acids is 1. The molecule has 1 aliphatic heterocycles. The number of anilines is 1. The van der Waals surface area contributed by atoms with Crippen LogP contribution >= 0.6 is 11.3 Å². The molecule has 1 aliphatic rings. The number of carbonyl (C=O) groups is 1. The minimum atomic E-state index is -0.0682. The first-order valence-corrected chi connectivity index (χ1v) is 9.43. The minimum absolute atomic E-state index is 0.0682. The molecule has 0 fully saturated rings. The Labute approximate surface area is 155 Å². The summed E-state index contributed by atoms with van der Waals surface area (Å²) in [6.07, 6.45) is 1.88. The number of rotatable bonds is 5. The van der Waals surface area contributed by atoms with Crippen LogP contribution in [0.3, 0.4) is 0 Å². The molecule has 4 rings (SSSR count). The van der Waals surface area contributed by atoms with Gasteiger partial charge in [0.05, 0.1) is 23.8 Å². The summed E-state index contributed by atoms with van der Waals surface area (Å²) < 4.78 is 11.3. The van der Waals surface area contributed by atoms with Gasteiger partial charge >= 0.3 is 0 Å². The maximum Gasteiger partial charge on any atom is 0.225 e. The summed E-state index contributed by atoms with van der Waals surface area (Å²) in [5.41, 5.74) is 1.95. The van der Waals surface area contributed by atoms with Gasteiger partial charge in [0.15, 0.2) is 17.3 Å². The highest BCUT2D eigenvalue weighted by atomic mass is 32.1. The van der Waals surface area contributed by atoms with Crippen LogP contribution in [0.25, 0.3) is 10.6 Å². The van der Waals surface area contributed by atoms with Crippen molar-refractivity contribution in [2.75, 3.05) is 18.5 Å². The highest BCUT2D eigenvalue weighted by molar-refractivity contribution is 7.13. The van der Waals surface area contributed by atoms with E-state index in [1.165, 1.54) is 0 Å². The van der Waals surface area contributed by atoms with E-state index in [-0.39, 0.29) is 5.91 Å². The molecule has 2 N–H and O–H groups in total. The lowest BCUT2D eigenvalue weighted by atomic mass is 10.1. The number of H-pyrrole nitrogens is 1. The van der Waals surface area contributed by atoms with Crippen molar-refractivity contribution in [3.05, 3.63) is 47.3 Å². The van der Waals surface area contributed by atoms with E-state index in [1.807, 2.05) is 41.8 Å². The molecule has 1 amide bonds. The second-order valence-electron chi connectivity index (χ2n) is 6.02. The van der Waals surface area contributed by atoms with Crippen molar-refractivity contribution < 1.29 is 14.3 Å². The SMILES string of the molecule is O=C(CCc1ccc2c(c1)OCCCO2)Nc1cc(-c2cccs2)[nH]n1. The third-order valence-corrected chi connectivity index (χ3v) is 4.99. The summed E-state index contributed by atoms with van der Waals surface area (Å²) in [4.78, 5) is 13.3. The van der Waals surface area contributed by atoms with Gasteiger partial charge in [0, 0.05) is 18.9 Å². The van der Waals surface area contributed by atoms with E-state index >= 15 is 0 Å². The zero-order valence-corrected chi connectivity index (χ0v) is 15.0. The van der Waals surface area contributed by atoms with E-state index in [1.54, 1.807) is 11.3 Å². The number of thiophene rings is 1. The molecule has 0 saturated heterocycles. The molecule has 1 aromatic carbocycles. The number of ether oxygens (including phenoxy) is 2. The molecular weight excluding hydrogens is 350 g/mol. The van der Waals surface area contributed by atoms with Crippen molar-refractivity contribution in [2.45, 2.75) is 19.3 Å². The van der Waals surface area contributed by atoms with Crippen LogP contribution in [0.15, 0.2) is 41.8 Å². The predicted octanol–water partition coefficient (Wildman–Crippen LogP) is 3.87. The van der Waals surface area contributed by atoms with Gasteiger partial charge in [-0.1, -0.05) is 12.1 Å². The fraction of sp³-hybridized carbons (Fsp3) is 0.263. The first kappa shape index (κ1) is 16.7. The van der Waals surface area contributed by atoms with Crippen LogP contribution in [-0.2, 0) is 11.2 Å². The molecule has 7 heteroatoms. The summed E-state index contributed by atoms with van der Waals surface area (Å²) in [7, 11) is 0. The van der Waals surface area contributed by atoms with Crippen LogP contribution in [0.2, 0.25) is 0 Å². The van der Waals surface area contributed by atoms with Crippen LogP contribution in [0.5, 0.6) is 11.5 Å². The maximum absolute atomic E-state index is 12.2. The summed E-state index contributed by atoms with van der Waals surface area (Å²) >= 11 is 1.62. The summed E-state index contributed by atoms with van der Waals surface area (Å²) in [6, 6.07) is 11.7. The summed E-state index contributed by atoms with van der Waals surface area (Å²) in [5.74, 6) is 2.00. The molecule has 134 valence electrons. The molecule has 3 aromatic rings. The fourth-order valence-corrected chi connectivity index (χ4v) is 3.46. The van der Waals surface area contributed by atoms with E-state index in [9.17, 15) is 4.79 Å². The average Bonchev–Trinajstić information content (AvgIpc) is 3.27. The topological polar surface area (TPSA) is 76.2 Å². The number of nitrogens with one attached hydrogen (secondary N) is 2. The van der Waals surface area contributed by atoms with Gasteiger partial charge in [-0.25, -0.2) is 0 Å². The fourth-order valence-electron chi connectivity index (χ4n) is 2.77. The van der Waals surface area contributed by atoms with Crippen molar-refractivity contribution in [1.29, 1.82) is 0 Å². The first-order chi connectivity index (χ1) is 12.8. The van der Waals surface area contributed by atoms with Gasteiger partial charge in [-0.15, -0.1) is 11.3 Å². The summed E-state index contributed by atoms with van der Waals surface area (Å²) in [6.45, 7) is 1.33. The molecule has 0 saturated carbocycles. The van der Waals surface area contributed by atoms with Crippen LogP contribution in [0, 0.1) is 0 Å². The Morgan fingerprint density at radius 3 is 2.92 bits per heavy atom. The molecule has 6 nitrogen and oxygen atoms in total. The lowest BCUT2D eigenvalue weighted by Crippen LogP contribution is -2.12. The normalized spacial score (nSPS) is 13.2. The van der Waals surface area contributed by atoms with E-state index in [0.29, 0.717) is 31.9 Å². The van der Waals surface area contributed by atoms with Gasteiger partial charge in [0.2, 0.25) is 5.91 Å². The van der Waals surface area contributed by atoms with E-state index in [4.69, 9.17) is 9.47 Å². The van der Waals surface area contributed by atoms with Crippen molar-refractivity contribution in [1.82, 2.24) is 10.2 Å². The maximum atomic E-state index is 12.2. The molecular formula is C19H19N3O3S. The van der Waals surface area contributed by atoms with Gasteiger partial charge in [0.25, 0.3) is 0 Å². The molecule has 0 radical (unpaired) electrons. The molecule has 0 aliphatic carbocycles. The number of hydrogen-bond donors (Lipinski definition) is 2. The van der Waals surface area contributed by atoms with Gasteiger partial charge < -0.3 is 14.8 Å². The average molecular weight is 369 g/mol. The molecule has 0 spiro atoms. The quantitative estimate of drug-likeness (QED) is 0.716. The Hall–Kier alpha value is -2.80. The number of aromatic nitrogens is 2. The van der Waals surface area contributed by atoms with Crippen LogP contribution < -0.4 is 14.8 Å². The predicted molar refractivity (Wildman–Crippen MR) is 101 cm³/mol. The van der Waals surface area contributed by atoms with Crippen molar-refractivity contribution >= 4 is 23.1 Å². The number of nitrogens with zero attached hydrogens (tertiary/aromatic N) is 1. The lowest BCUT2D eigenvalue weighted by molar-refractivity contribution is -0.116. The number of amides is 1. The van der Waals surface area contributed by atoms with Gasteiger partial charge in [0.1, 0.15) is 0 Å². The van der Waals surface area contributed by atoms with Crippen LogP contribution in [0.4, 0.5) is 5.82 Å². The summed E-state index contributed by atoms with van der Waals surface area (Å²) in [5, 5.41) is 11.9. The molecule has 26 heavy (non-hydrogen) atoms. The van der Waals surface area contributed by atoms with Gasteiger partial charge in [-0.05, 0) is 35.6 Å². The van der Waals surface area contributed by atoms with E-state index in [0.717, 1.165) is 34.1 Å². The number of aromatic amines is 1. The molecule has 2 aromatic heterocycles. The zero-order chi connectivity index (χ0) is 17.8. The Balaban J connectivity index is 1.33. The van der Waals surface area contributed by atoms with Crippen molar-refractivity contribution in [3.63, 3.8) is 0 Å². The van der Waals surface area contributed by atoms with Gasteiger partial charge in [-0.3, -0.25) is 9.89 Å². The third-order valence-electron chi connectivity index (χ3n) is 4.08. The minimum Gasteiger partial charge on any atom is -0.490 e. The third kappa shape index (κ3) is 3.88.